The molecule has 9 heteroatoms. The number of hydrogen-bond donors (Lipinski definition) is 2. The van der Waals surface area contributed by atoms with Gasteiger partial charge in [-0.15, -0.1) is 0 Å². The SMILES string of the molecule is CCCNS(=O)(=O)c1cccc(C(=O)NCc2ccc(Cn3cncn3)cc2)c1. The second-order valence-corrected chi connectivity index (χ2v) is 8.28. The molecule has 3 aromatic rings. The minimum absolute atomic E-state index is 0.0797. The van der Waals surface area contributed by atoms with Crippen LogP contribution in [-0.2, 0) is 23.1 Å². The Morgan fingerprint density at radius 2 is 1.86 bits per heavy atom. The topological polar surface area (TPSA) is 106 Å². The lowest BCUT2D eigenvalue weighted by Gasteiger charge is -2.09. The second-order valence-electron chi connectivity index (χ2n) is 6.52. The fourth-order valence-electron chi connectivity index (χ4n) is 2.67. The van der Waals surface area contributed by atoms with Gasteiger partial charge in [0.05, 0.1) is 11.4 Å². The Morgan fingerprint density at radius 3 is 2.55 bits per heavy atom. The molecule has 0 saturated heterocycles. The Balaban J connectivity index is 1.60. The highest BCUT2D eigenvalue weighted by atomic mass is 32.2. The molecule has 8 nitrogen and oxygen atoms in total. The van der Waals surface area contributed by atoms with Crippen molar-refractivity contribution in [2.45, 2.75) is 31.3 Å². The lowest BCUT2D eigenvalue weighted by Crippen LogP contribution is -2.26. The quantitative estimate of drug-likeness (QED) is 0.558. The number of aromatic nitrogens is 3. The lowest BCUT2D eigenvalue weighted by atomic mass is 10.1. The number of carbonyl (C=O) groups is 1. The maximum absolute atomic E-state index is 12.4. The van der Waals surface area contributed by atoms with Crippen LogP contribution in [0.3, 0.4) is 0 Å². The van der Waals surface area contributed by atoms with E-state index in [4.69, 9.17) is 0 Å². The maximum Gasteiger partial charge on any atom is 0.251 e. The average Bonchev–Trinajstić information content (AvgIpc) is 3.25. The van der Waals surface area contributed by atoms with Gasteiger partial charge in [0.15, 0.2) is 0 Å². The van der Waals surface area contributed by atoms with E-state index in [1.807, 2.05) is 31.2 Å². The van der Waals surface area contributed by atoms with E-state index in [0.29, 0.717) is 31.6 Å². The third-order valence-corrected chi connectivity index (χ3v) is 5.69. The maximum atomic E-state index is 12.4. The molecule has 0 fully saturated rings. The molecule has 3 rings (SSSR count). The minimum atomic E-state index is -3.61. The number of nitrogens with zero attached hydrogens (tertiary/aromatic N) is 3. The minimum Gasteiger partial charge on any atom is -0.348 e. The fourth-order valence-corrected chi connectivity index (χ4v) is 3.85. The third-order valence-electron chi connectivity index (χ3n) is 4.24. The summed E-state index contributed by atoms with van der Waals surface area (Å²) in [5.74, 6) is -0.329. The van der Waals surface area contributed by atoms with Gasteiger partial charge in [0.1, 0.15) is 12.7 Å². The molecule has 0 spiro atoms. The number of hydrogen-bond acceptors (Lipinski definition) is 5. The smallest absolute Gasteiger partial charge is 0.251 e. The molecule has 0 bridgehead atoms. The Labute approximate surface area is 170 Å². The van der Waals surface area contributed by atoms with E-state index in [-0.39, 0.29) is 10.8 Å². The third kappa shape index (κ3) is 5.72. The molecule has 0 saturated carbocycles. The van der Waals surface area contributed by atoms with Gasteiger partial charge in [-0.25, -0.2) is 22.8 Å². The first-order valence-corrected chi connectivity index (χ1v) is 10.7. The summed E-state index contributed by atoms with van der Waals surface area (Å²) in [6.07, 6.45) is 3.83. The number of benzene rings is 2. The van der Waals surface area contributed by atoms with Crippen LogP contribution < -0.4 is 10.0 Å². The summed E-state index contributed by atoms with van der Waals surface area (Å²) < 4.78 is 28.7. The second kappa shape index (κ2) is 9.44. The predicted octanol–water partition coefficient (Wildman–Crippen LogP) is 1.94. The van der Waals surface area contributed by atoms with Gasteiger partial charge < -0.3 is 5.32 Å². The van der Waals surface area contributed by atoms with Crippen molar-refractivity contribution in [3.05, 3.63) is 77.9 Å². The van der Waals surface area contributed by atoms with Crippen LogP contribution in [0.2, 0.25) is 0 Å². The highest BCUT2D eigenvalue weighted by molar-refractivity contribution is 7.89. The highest BCUT2D eigenvalue weighted by Gasteiger charge is 2.15. The summed E-state index contributed by atoms with van der Waals surface area (Å²) in [6, 6.07) is 13.8. The number of carbonyl (C=O) groups excluding carboxylic acids is 1. The van der Waals surface area contributed by atoms with Gasteiger partial charge >= 0.3 is 0 Å². The van der Waals surface area contributed by atoms with Crippen LogP contribution in [-0.4, -0.2) is 35.6 Å². The summed E-state index contributed by atoms with van der Waals surface area (Å²) in [7, 11) is -3.61. The van der Waals surface area contributed by atoms with E-state index in [1.54, 1.807) is 23.1 Å². The van der Waals surface area contributed by atoms with Crippen LogP contribution in [0, 0.1) is 0 Å². The molecule has 0 unspecified atom stereocenters. The molecule has 1 amide bonds. The normalized spacial score (nSPS) is 11.3. The van der Waals surface area contributed by atoms with Gasteiger partial charge in [-0.05, 0) is 35.7 Å². The summed E-state index contributed by atoms with van der Waals surface area (Å²) in [5.41, 5.74) is 2.31. The summed E-state index contributed by atoms with van der Waals surface area (Å²) in [4.78, 5) is 16.4. The fraction of sp³-hybridized carbons (Fsp3) is 0.250. The molecular weight excluding hydrogens is 390 g/mol. The van der Waals surface area contributed by atoms with Crippen molar-refractivity contribution in [1.82, 2.24) is 24.8 Å². The number of rotatable bonds is 9. The number of sulfonamides is 1. The molecule has 0 atom stereocenters. The summed E-state index contributed by atoms with van der Waals surface area (Å²) >= 11 is 0. The van der Waals surface area contributed by atoms with E-state index >= 15 is 0 Å². The highest BCUT2D eigenvalue weighted by Crippen LogP contribution is 2.12. The Kier molecular flexibility index (Phi) is 6.73. The van der Waals surface area contributed by atoms with Crippen molar-refractivity contribution in [2.75, 3.05) is 6.54 Å². The lowest BCUT2D eigenvalue weighted by molar-refractivity contribution is 0.0950. The monoisotopic (exact) mass is 413 g/mol. The molecule has 152 valence electrons. The average molecular weight is 414 g/mol. The van der Waals surface area contributed by atoms with Crippen molar-refractivity contribution in [2.24, 2.45) is 0 Å². The van der Waals surface area contributed by atoms with Crippen molar-refractivity contribution >= 4 is 15.9 Å². The standard InChI is InChI=1S/C20H23N5O3S/c1-2-10-24-29(27,28)19-5-3-4-18(11-19)20(26)22-12-16-6-8-17(9-7-16)13-25-15-21-14-23-25/h3-9,11,14-15,24H,2,10,12-13H2,1H3,(H,22,26). The van der Waals surface area contributed by atoms with Crippen LogP contribution >= 0.6 is 0 Å². The van der Waals surface area contributed by atoms with E-state index in [2.05, 4.69) is 20.1 Å². The van der Waals surface area contributed by atoms with Gasteiger partial charge in [-0.1, -0.05) is 37.3 Å². The number of amides is 1. The summed E-state index contributed by atoms with van der Waals surface area (Å²) in [5, 5.41) is 6.89. The Bertz CT molecular complexity index is 1050. The molecule has 0 radical (unpaired) electrons. The van der Waals surface area contributed by atoms with Gasteiger partial charge in [-0.3, -0.25) is 4.79 Å². The molecule has 1 heterocycles. The van der Waals surface area contributed by atoms with Crippen molar-refractivity contribution in [1.29, 1.82) is 0 Å². The zero-order valence-corrected chi connectivity index (χ0v) is 16.9. The van der Waals surface area contributed by atoms with Gasteiger partial charge in [0, 0.05) is 18.7 Å². The van der Waals surface area contributed by atoms with Crippen molar-refractivity contribution in [3.8, 4) is 0 Å². The molecule has 29 heavy (non-hydrogen) atoms. The van der Waals surface area contributed by atoms with Crippen LogP contribution in [0.25, 0.3) is 0 Å². The molecule has 2 aromatic carbocycles. The predicted molar refractivity (Wildman–Crippen MR) is 109 cm³/mol. The zero-order valence-electron chi connectivity index (χ0n) is 16.1. The van der Waals surface area contributed by atoms with E-state index in [9.17, 15) is 13.2 Å². The molecule has 2 N–H and O–H groups in total. The van der Waals surface area contributed by atoms with Gasteiger partial charge in [0.2, 0.25) is 10.0 Å². The molecule has 1 aromatic heterocycles. The van der Waals surface area contributed by atoms with Gasteiger partial charge in [-0.2, -0.15) is 5.10 Å². The first kappa shape index (κ1) is 20.7. The molecule has 0 aliphatic carbocycles. The van der Waals surface area contributed by atoms with E-state index in [1.165, 1.54) is 18.5 Å². The van der Waals surface area contributed by atoms with Gasteiger partial charge in [0.25, 0.3) is 5.91 Å². The number of nitrogens with one attached hydrogen (secondary N) is 2. The molecule has 0 aliphatic heterocycles. The van der Waals surface area contributed by atoms with E-state index in [0.717, 1.165) is 11.1 Å². The van der Waals surface area contributed by atoms with E-state index < -0.39 is 10.0 Å². The van der Waals surface area contributed by atoms with Crippen LogP contribution in [0.1, 0.15) is 34.8 Å². The first-order chi connectivity index (χ1) is 14.0. The Morgan fingerprint density at radius 1 is 1.10 bits per heavy atom. The van der Waals surface area contributed by atoms with Crippen molar-refractivity contribution in [3.63, 3.8) is 0 Å². The zero-order chi connectivity index (χ0) is 20.7. The Hall–Kier alpha value is -3.04. The van der Waals surface area contributed by atoms with Crippen LogP contribution in [0.5, 0.6) is 0 Å². The van der Waals surface area contributed by atoms with Crippen molar-refractivity contribution < 1.29 is 13.2 Å². The first-order valence-electron chi connectivity index (χ1n) is 9.26. The van der Waals surface area contributed by atoms with Crippen LogP contribution in [0.15, 0.2) is 66.1 Å². The summed E-state index contributed by atoms with van der Waals surface area (Å²) in [6.45, 7) is 3.20. The van der Waals surface area contributed by atoms with Crippen LogP contribution in [0.4, 0.5) is 0 Å². The molecule has 0 aliphatic rings. The molecular formula is C20H23N5O3S. The largest absolute Gasteiger partial charge is 0.348 e.